The maximum atomic E-state index is 5.21. The van der Waals surface area contributed by atoms with Gasteiger partial charge in [-0.3, -0.25) is 0 Å². The Hall–Kier alpha value is 1.11. The second-order valence-electron chi connectivity index (χ2n) is 8.23. The van der Waals surface area contributed by atoms with Gasteiger partial charge in [-0.1, -0.05) is 6.42 Å². The van der Waals surface area contributed by atoms with Crippen molar-refractivity contribution in [3.63, 3.8) is 0 Å². The van der Waals surface area contributed by atoms with E-state index in [4.69, 9.17) is 12.6 Å². The molecule has 1 nitrogen and oxygen atoms in total. The molecule has 2 fully saturated rings. The fourth-order valence-electron chi connectivity index (χ4n) is 4.43. The van der Waals surface area contributed by atoms with E-state index in [9.17, 15) is 0 Å². The van der Waals surface area contributed by atoms with Gasteiger partial charge in [0.15, 0.2) is 0 Å². The molecule has 0 aromatic rings. The van der Waals surface area contributed by atoms with E-state index in [1.165, 1.54) is 83.7 Å². The quantitative estimate of drug-likeness (QED) is 0.257. The normalized spacial score (nSPS) is 23.5. The smallest absolute Gasteiger partial charge is 0.0105 e. The van der Waals surface area contributed by atoms with Crippen LogP contribution in [0.4, 0.5) is 0 Å². The van der Waals surface area contributed by atoms with Crippen molar-refractivity contribution in [1.82, 2.24) is 4.90 Å². The number of hydrogen-bond donors (Lipinski definition) is 0. The van der Waals surface area contributed by atoms with Gasteiger partial charge >= 0.3 is 92.4 Å². The van der Waals surface area contributed by atoms with E-state index in [1.807, 2.05) is 0 Å². The Morgan fingerprint density at radius 3 is 1.88 bits per heavy atom. The molecule has 0 aliphatic carbocycles. The summed E-state index contributed by atoms with van der Waals surface area (Å²) in [6, 6.07) is 0.866. The molecule has 2 aliphatic rings. The zero-order chi connectivity index (χ0) is 18.3. The van der Waals surface area contributed by atoms with Gasteiger partial charge in [0, 0.05) is 6.04 Å². The van der Waals surface area contributed by atoms with Gasteiger partial charge in [-0.15, -0.1) is 0 Å². The Kier molecular flexibility index (Phi) is 15.5. The molecule has 0 saturated carbocycles. The second-order valence-corrected chi connectivity index (χ2v) is 17.1. The van der Waals surface area contributed by atoms with Gasteiger partial charge in [-0.05, 0) is 44.7 Å². The predicted octanol–water partition coefficient (Wildman–Crippen LogP) is 6.68. The fraction of sp³-hybridized carbons (Fsp3) is 1.00. The summed E-state index contributed by atoms with van der Waals surface area (Å²) in [5.41, 5.74) is 0. The van der Waals surface area contributed by atoms with Crippen molar-refractivity contribution in [3.8, 4) is 0 Å². The van der Waals surface area contributed by atoms with Gasteiger partial charge in [0.25, 0.3) is 0 Å². The molecule has 0 spiro atoms. The van der Waals surface area contributed by atoms with Crippen LogP contribution in [0.15, 0.2) is 0 Å². The van der Waals surface area contributed by atoms with Crippen molar-refractivity contribution >= 4 is 32.4 Å². The molecule has 2 rings (SSSR count). The Morgan fingerprint density at radius 1 is 0.800 bits per heavy atom. The van der Waals surface area contributed by atoms with Gasteiger partial charge < -0.3 is 17.5 Å². The molecule has 2 heterocycles. The summed E-state index contributed by atoms with van der Waals surface area (Å²) in [6.45, 7) is 9.69. The van der Waals surface area contributed by atoms with Crippen LogP contribution in [0.3, 0.4) is 0 Å². The Balaban J connectivity index is 0.000000250. The third-order valence-corrected chi connectivity index (χ3v) is 15.6. The van der Waals surface area contributed by atoms with Crippen molar-refractivity contribution in [2.75, 3.05) is 18.8 Å². The Labute approximate surface area is 172 Å². The average molecular weight is 474 g/mol. The SMILES string of the molecule is CCC[CH2][Sn+]([CH2]CCC)[CH2]CCC.[S-]C[C@@H]1CCCN2CCCC[C@H]12. The third-order valence-electron chi connectivity index (χ3n) is 6.09. The van der Waals surface area contributed by atoms with Crippen molar-refractivity contribution in [2.24, 2.45) is 5.92 Å². The van der Waals surface area contributed by atoms with Crippen LogP contribution in [0.25, 0.3) is 0 Å². The summed E-state index contributed by atoms with van der Waals surface area (Å²) in [7, 11) is 0. The maximum absolute atomic E-state index is 5.21. The third kappa shape index (κ3) is 10.3. The Bertz CT molecular complexity index is 272. The largest absolute Gasteiger partial charge is 0.792 e. The first-order chi connectivity index (χ1) is 12.3. The van der Waals surface area contributed by atoms with E-state index < -0.39 is 19.8 Å². The van der Waals surface area contributed by atoms with E-state index in [0.717, 1.165) is 17.7 Å². The minimum Gasteiger partial charge on any atom is -0.792 e. The number of fused-ring (bicyclic) bond motifs is 1. The molecule has 0 amide bonds. The van der Waals surface area contributed by atoms with E-state index >= 15 is 0 Å². The van der Waals surface area contributed by atoms with Gasteiger partial charge in [0.2, 0.25) is 0 Å². The van der Waals surface area contributed by atoms with E-state index in [0.29, 0.717) is 0 Å². The molecule has 2 saturated heterocycles. The zero-order valence-electron chi connectivity index (χ0n) is 17.5. The minimum atomic E-state index is -0.839. The van der Waals surface area contributed by atoms with Gasteiger partial charge in [0.1, 0.15) is 0 Å². The van der Waals surface area contributed by atoms with Crippen LogP contribution in [0.1, 0.15) is 91.4 Å². The number of hydrogen-bond acceptors (Lipinski definition) is 2. The molecule has 0 N–H and O–H groups in total. The van der Waals surface area contributed by atoms with Crippen LogP contribution in [0.5, 0.6) is 0 Å². The topological polar surface area (TPSA) is 3.24 Å². The van der Waals surface area contributed by atoms with E-state index in [2.05, 4.69) is 25.7 Å². The molecule has 0 aromatic carbocycles. The molecular formula is C22H45NSSn. The molecule has 0 unspecified atom stereocenters. The standard InChI is InChI=1S/C10H19NS.3C4H9.Sn/c12-8-9-4-3-7-11-6-2-1-5-10(9)11;3*1-3-4-2;/h9-10,12H,1-8H2;3*1,3-4H2,2H3;/q;;;;+1/p-1/t9-,10+;;;;/m0..../s1. The van der Waals surface area contributed by atoms with E-state index in [1.54, 1.807) is 13.3 Å². The Morgan fingerprint density at radius 2 is 1.36 bits per heavy atom. The summed E-state index contributed by atoms with van der Waals surface area (Å²) in [5, 5.41) is 0. The predicted molar refractivity (Wildman–Crippen MR) is 119 cm³/mol. The van der Waals surface area contributed by atoms with Crippen LogP contribution in [0, 0.1) is 5.92 Å². The molecule has 3 heteroatoms. The van der Waals surface area contributed by atoms with Crippen LogP contribution in [-0.4, -0.2) is 49.5 Å². The molecule has 0 radical (unpaired) electrons. The van der Waals surface area contributed by atoms with Crippen LogP contribution < -0.4 is 0 Å². The molecule has 2 atom stereocenters. The van der Waals surface area contributed by atoms with Crippen molar-refractivity contribution in [1.29, 1.82) is 0 Å². The first-order valence-corrected chi connectivity index (χ1v) is 18.1. The monoisotopic (exact) mass is 475 g/mol. The van der Waals surface area contributed by atoms with Crippen molar-refractivity contribution < 1.29 is 0 Å². The van der Waals surface area contributed by atoms with Crippen LogP contribution in [-0.2, 0) is 12.6 Å². The second kappa shape index (κ2) is 16.1. The summed E-state index contributed by atoms with van der Waals surface area (Å²) >= 11 is 4.37. The summed E-state index contributed by atoms with van der Waals surface area (Å²) in [6.07, 6.45) is 15.9. The number of rotatable bonds is 10. The summed E-state index contributed by atoms with van der Waals surface area (Å²) in [5.74, 6) is 1.83. The molecular weight excluding hydrogens is 429 g/mol. The summed E-state index contributed by atoms with van der Waals surface area (Å²) in [4.78, 5) is 2.68. The molecule has 0 aromatic heterocycles. The first kappa shape index (κ1) is 24.1. The number of unbranched alkanes of at least 4 members (excludes halogenated alkanes) is 3. The first-order valence-electron chi connectivity index (χ1n) is 11.4. The van der Waals surface area contributed by atoms with Crippen molar-refractivity contribution in [2.45, 2.75) is 111 Å². The fourth-order valence-corrected chi connectivity index (χ4v) is 14.3. The molecule has 25 heavy (non-hydrogen) atoms. The van der Waals surface area contributed by atoms with Gasteiger partial charge in [-0.2, -0.15) is 5.75 Å². The van der Waals surface area contributed by atoms with Gasteiger partial charge in [0.05, 0.1) is 0 Å². The number of nitrogens with zero attached hydrogens (tertiary/aromatic N) is 1. The van der Waals surface area contributed by atoms with Crippen LogP contribution in [0.2, 0.25) is 13.3 Å². The zero-order valence-corrected chi connectivity index (χ0v) is 21.2. The van der Waals surface area contributed by atoms with Gasteiger partial charge in [-0.25, -0.2) is 0 Å². The maximum Gasteiger partial charge on any atom is 0.0105 e. The molecule has 2 aliphatic heterocycles. The summed E-state index contributed by atoms with van der Waals surface area (Å²) < 4.78 is 5.04. The minimum absolute atomic E-state index is 0.839. The van der Waals surface area contributed by atoms with Crippen molar-refractivity contribution in [3.05, 3.63) is 0 Å². The van der Waals surface area contributed by atoms with E-state index in [-0.39, 0.29) is 0 Å². The molecule has 148 valence electrons. The van der Waals surface area contributed by atoms with Crippen LogP contribution >= 0.6 is 0 Å². The average Bonchev–Trinajstić information content (AvgIpc) is 2.67. The number of piperidine rings is 2. The molecule has 0 bridgehead atoms.